The average Bonchev–Trinajstić information content (AvgIpc) is 2.83. The Morgan fingerprint density at radius 3 is 2.52 bits per heavy atom. The summed E-state index contributed by atoms with van der Waals surface area (Å²) in [5.41, 5.74) is -1.13. The van der Waals surface area contributed by atoms with Crippen LogP contribution in [0.3, 0.4) is 0 Å². The van der Waals surface area contributed by atoms with E-state index < -0.39 is 22.7 Å². The molecule has 0 fully saturated rings. The molecule has 21 heavy (non-hydrogen) atoms. The molecule has 0 saturated heterocycles. The molecule has 0 radical (unpaired) electrons. The highest BCUT2D eigenvalue weighted by Gasteiger charge is 2.39. The van der Waals surface area contributed by atoms with E-state index in [1.165, 1.54) is 25.3 Å². The van der Waals surface area contributed by atoms with E-state index in [-0.39, 0.29) is 15.6 Å². The minimum Gasteiger partial charge on any atom is -0.495 e. The van der Waals surface area contributed by atoms with Crippen molar-refractivity contribution in [1.29, 1.82) is 0 Å². The average molecular weight is 338 g/mol. The fourth-order valence-electron chi connectivity index (χ4n) is 1.58. The number of methoxy groups -OCH3 is 1. The van der Waals surface area contributed by atoms with E-state index in [4.69, 9.17) is 21.4 Å². The van der Waals surface area contributed by atoms with Gasteiger partial charge in [0.2, 0.25) is 0 Å². The van der Waals surface area contributed by atoms with E-state index in [1.807, 2.05) is 0 Å². The Kier molecular flexibility index (Phi) is 4.11. The van der Waals surface area contributed by atoms with Gasteiger partial charge in [0.15, 0.2) is 5.69 Å². The van der Waals surface area contributed by atoms with Crippen molar-refractivity contribution in [2.24, 2.45) is 0 Å². The highest BCUT2D eigenvalue weighted by atomic mass is 35.5. The molecule has 1 heterocycles. The van der Waals surface area contributed by atoms with Gasteiger partial charge in [-0.3, -0.25) is 0 Å². The largest absolute Gasteiger partial charge is 0.495 e. The summed E-state index contributed by atoms with van der Waals surface area (Å²) in [5, 5.41) is 8.96. The number of alkyl halides is 3. The number of thiazole rings is 1. The number of hydrogen-bond donors (Lipinski definition) is 1. The van der Waals surface area contributed by atoms with Gasteiger partial charge in [-0.05, 0) is 18.2 Å². The Bertz CT molecular complexity index is 700. The molecule has 9 heteroatoms. The van der Waals surface area contributed by atoms with Gasteiger partial charge in [0, 0.05) is 5.56 Å². The van der Waals surface area contributed by atoms with Gasteiger partial charge in [0.1, 0.15) is 15.6 Å². The molecule has 0 saturated carbocycles. The molecule has 2 aromatic rings. The van der Waals surface area contributed by atoms with Crippen molar-refractivity contribution >= 4 is 28.9 Å². The van der Waals surface area contributed by atoms with Crippen LogP contribution < -0.4 is 4.74 Å². The van der Waals surface area contributed by atoms with Crippen molar-refractivity contribution in [3.8, 4) is 16.3 Å². The van der Waals surface area contributed by atoms with Crippen molar-refractivity contribution in [2.75, 3.05) is 7.11 Å². The summed E-state index contributed by atoms with van der Waals surface area (Å²) in [5.74, 6) is -1.32. The first kappa shape index (κ1) is 15.6. The number of rotatable bonds is 3. The molecule has 0 bridgehead atoms. The van der Waals surface area contributed by atoms with Crippen LogP contribution in [0.15, 0.2) is 18.2 Å². The smallest absolute Gasteiger partial charge is 0.435 e. The zero-order valence-electron chi connectivity index (χ0n) is 10.4. The van der Waals surface area contributed by atoms with Crippen LogP contribution in [0.1, 0.15) is 15.4 Å². The molecule has 0 amide bonds. The van der Waals surface area contributed by atoms with Crippen molar-refractivity contribution in [2.45, 2.75) is 6.18 Å². The number of carbonyl (C=O) groups is 1. The summed E-state index contributed by atoms with van der Waals surface area (Å²) in [7, 11) is 1.40. The van der Waals surface area contributed by atoms with Gasteiger partial charge < -0.3 is 9.84 Å². The van der Waals surface area contributed by atoms with Gasteiger partial charge in [0.05, 0.1) is 12.1 Å². The minimum atomic E-state index is -4.83. The van der Waals surface area contributed by atoms with E-state index in [1.54, 1.807) is 0 Å². The van der Waals surface area contributed by atoms with Gasteiger partial charge in [0.25, 0.3) is 0 Å². The number of benzene rings is 1. The number of aromatic carboxylic acids is 1. The van der Waals surface area contributed by atoms with Gasteiger partial charge in [-0.15, -0.1) is 11.3 Å². The molecular formula is C12H7ClF3NO3S. The summed E-state index contributed by atoms with van der Waals surface area (Å²) in [6.45, 7) is 0. The second-order valence-corrected chi connectivity index (χ2v) is 5.26. The third kappa shape index (κ3) is 3.11. The Balaban J connectivity index is 2.55. The van der Waals surface area contributed by atoms with E-state index in [9.17, 15) is 18.0 Å². The molecule has 2 rings (SSSR count). The van der Waals surface area contributed by atoms with E-state index in [0.717, 1.165) is 0 Å². The summed E-state index contributed by atoms with van der Waals surface area (Å²) in [4.78, 5) is 13.4. The molecule has 0 unspecified atom stereocenters. The van der Waals surface area contributed by atoms with Gasteiger partial charge in [-0.25, -0.2) is 9.78 Å². The number of carboxylic acids is 1. The lowest BCUT2D eigenvalue weighted by molar-refractivity contribution is -0.141. The molecule has 1 N–H and O–H groups in total. The minimum absolute atomic E-state index is 0.0794. The fraction of sp³-hybridized carbons (Fsp3) is 0.167. The van der Waals surface area contributed by atoms with Crippen LogP contribution >= 0.6 is 22.9 Å². The molecule has 1 aromatic carbocycles. The lowest BCUT2D eigenvalue weighted by Crippen LogP contribution is -2.11. The molecule has 4 nitrogen and oxygen atoms in total. The van der Waals surface area contributed by atoms with Crippen molar-refractivity contribution in [3.05, 3.63) is 33.8 Å². The third-order valence-corrected chi connectivity index (χ3v) is 3.88. The number of halogens is 4. The summed E-state index contributed by atoms with van der Waals surface area (Å²) < 4.78 is 43.2. The number of hydrogen-bond acceptors (Lipinski definition) is 4. The number of nitrogens with zero attached hydrogens (tertiary/aromatic N) is 1. The highest BCUT2D eigenvalue weighted by molar-refractivity contribution is 7.17. The maximum absolute atomic E-state index is 12.8. The first-order valence-corrected chi connectivity index (χ1v) is 6.58. The Hall–Kier alpha value is -1.80. The standard InChI is InChI=1S/C12H7ClF3NO3S/c1-20-7-3-2-5(4-6(7)13)10-17-9(12(14,15)16)8(21-10)11(18)19/h2-4H,1H3,(H,18,19). The van der Waals surface area contributed by atoms with Crippen LogP contribution in [0.2, 0.25) is 5.02 Å². The molecule has 112 valence electrons. The van der Waals surface area contributed by atoms with Crippen LogP contribution in [0.5, 0.6) is 5.75 Å². The zero-order valence-corrected chi connectivity index (χ0v) is 11.9. The highest BCUT2D eigenvalue weighted by Crippen LogP contribution is 2.39. The maximum atomic E-state index is 12.8. The second-order valence-electron chi connectivity index (χ2n) is 3.85. The first-order valence-electron chi connectivity index (χ1n) is 5.39. The van der Waals surface area contributed by atoms with E-state index >= 15 is 0 Å². The Labute approximate surface area is 125 Å². The number of ether oxygens (including phenoxy) is 1. The van der Waals surface area contributed by atoms with Crippen molar-refractivity contribution in [1.82, 2.24) is 4.98 Å². The molecule has 1 aromatic heterocycles. The molecule has 0 atom stereocenters. The van der Waals surface area contributed by atoms with Crippen LogP contribution in [0, 0.1) is 0 Å². The van der Waals surface area contributed by atoms with E-state index in [0.29, 0.717) is 17.1 Å². The van der Waals surface area contributed by atoms with Crippen LogP contribution in [0.25, 0.3) is 10.6 Å². The molecular weight excluding hydrogens is 331 g/mol. The monoisotopic (exact) mass is 337 g/mol. The predicted molar refractivity (Wildman–Crippen MR) is 71.1 cm³/mol. The van der Waals surface area contributed by atoms with E-state index in [2.05, 4.69) is 4.98 Å². The van der Waals surface area contributed by atoms with Gasteiger partial charge in [-0.2, -0.15) is 13.2 Å². The van der Waals surface area contributed by atoms with Gasteiger partial charge in [-0.1, -0.05) is 11.6 Å². The fourth-order valence-corrected chi connectivity index (χ4v) is 2.76. The molecule has 0 aliphatic carbocycles. The lowest BCUT2D eigenvalue weighted by Gasteiger charge is -2.04. The molecule has 0 aliphatic heterocycles. The summed E-state index contributed by atoms with van der Waals surface area (Å²) in [6.07, 6.45) is -4.83. The molecule has 0 spiro atoms. The lowest BCUT2D eigenvalue weighted by atomic mass is 10.2. The quantitative estimate of drug-likeness (QED) is 0.912. The van der Waals surface area contributed by atoms with Crippen LogP contribution in [0.4, 0.5) is 13.2 Å². The first-order chi connectivity index (χ1) is 9.74. The van der Waals surface area contributed by atoms with Crippen molar-refractivity contribution in [3.63, 3.8) is 0 Å². The Morgan fingerprint density at radius 1 is 1.43 bits per heavy atom. The summed E-state index contributed by atoms with van der Waals surface area (Å²) >= 11 is 6.33. The third-order valence-electron chi connectivity index (χ3n) is 2.49. The topological polar surface area (TPSA) is 59.4 Å². The molecule has 0 aliphatic rings. The SMILES string of the molecule is COc1ccc(-c2nc(C(F)(F)F)c(C(=O)O)s2)cc1Cl. The normalized spacial score (nSPS) is 11.5. The zero-order chi connectivity index (χ0) is 15.8. The number of aromatic nitrogens is 1. The van der Waals surface area contributed by atoms with Crippen LogP contribution in [-0.2, 0) is 6.18 Å². The van der Waals surface area contributed by atoms with Gasteiger partial charge >= 0.3 is 12.1 Å². The second kappa shape index (κ2) is 5.53. The maximum Gasteiger partial charge on any atom is 0.435 e. The Morgan fingerprint density at radius 2 is 2.10 bits per heavy atom. The van der Waals surface area contributed by atoms with Crippen LogP contribution in [-0.4, -0.2) is 23.2 Å². The number of carboxylic acid groups (broad SMARTS) is 1. The summed E-state index contributed by atoms with van der Waals surface area (Å²) in [6, 6.07) is 4.28. The predicted octanol–water partition coefficient (Wildman–Crippen LogP) is 4.19. The van der Waals surface area contributed by atoms with Crippen molar-refractivity contribution < 1.29 is 27.8 Å².